The molecule has 1 aromatic heterocycles. The molecule has 1 fully saturated rings. The van der Waals surface area contributed by atoms with E-state index in [9.17, 15) is 14.4 Å². The highest BCUT2D eigenvalue weighted by Gasteiger charge is 2.25. The van der Waals surface area contributed by atoms with E-state index < -0.39 is 0 Å². The van der Waals surface area contributed by atoms with Gasteiger partial charge < -0.3 is 14.8 Å². The zero-order valence-electron chi connectivity index (χ0n) is 16.2. The molecule has 0 spiro atoms. The van der Waals surface area contributed by atoms with Gasteiger partial charge in [-0.3, -0.25) is 14.4 Å². The highest BCUT2D eigenvalue weighted by atomic mass is 16.2. The summed E-state index contributed by atoms with van der Waals surface area (Å²) < 4.78 is 0. The first-order valence-electron chi connectivity index (χ1n) is 9.56. The van der Waals surface area contributed by atoms with Crippen molar-refractivity contribution in [3.63, 3.8) is 0 Å². The van der Waals surface area contributed by atoms with E-state index in [1.165, 1.54) is 6.20 Å². The number of carbonyl (C=O) groups excluding carboxylic acids is 2. The van der Waals surface area contributed by atoms with Gasteiger partial charge in [0.2, 0.25) is 11.3 Å². The van der Waals surface area contributed by atoms with Gasteiger partial charge in [-0.25, -0.2) is 0 Å². The second-order valence-corrected chi connectivity index (χ2v) is 7.71. The van der Waals surface area contributed by atoms with E-state index in [-0.39, 0.29) is 22.8 Å². The van der Waals surface area contributed by atoms with Crippen molar-refractivity contribution in [1.29, 1.82) is 0 Å². The van der Waals surface area contributed by atoms with Gasteiger partial charge in [-0.1, -0.05) is 25.5 Å². The molecule has 6 heteroatoms. The fourth-order valence-corrected chi connectivity index (χ4v) is 3.51. The van der Waals surface area contributed by atoms with Crippen LogP contribution in [0.5, 0.6) is 0 Å². The summed E-state index contributed by atoms with van der Waals surface area (Å²) in [5.74, 6) is 0.189. The lowest BCUT2D eigenvalue weighted by molar-refractivity contribution is -0.131. The number of benzene rings is 1. The van der Waals surface area contributed by atoms with E-state index >= 15 is 0 Å². The molecular weight excluding hydrogens is 342 g/mol. The van der Waals surface area contributed by atoms with Crippen molar-refractivity contribution in [2.45, 2.75) is 33.6 Å². The number of amides is 2. The molecule has 1 N–H and O–H groups in total. The summed E-state index contributed by atoms with van der Waals surface area (Å²) in [6.45, 7) is 8.15. The lowest BCUT2D eigenvalue weighted by Gasteiger charge is -2.22. The summed E-state index contributed by atoms with van der Waals surface area (Å²) in [7, 11) is 0. The van der Waals surface area contributed by atoms with Crippen LogP contribution < -0.4 is 5.43 Å². The van der Waals surface area contributed by atoms with Crippen LogP contribution in [0.25, 0.3) is 10.9 Å². The monoisotopic (exact) mass is 369 g/mol. The molecule has 0 atom stereocenters. The zero-order chi connectivity index (χ0) is 19.6. The van der Waals surface area contributed by atoms with Crippen molar-refractivity contribution in [3.05, 3.63) is 45.7 Å². The van der Waals surface area contributed by atoms with Crippen LogP contribution >= 0.6 is 0 Å². The standard InChI is InChI=1S/C21H27N3O3/c1-14(2)11-19(25)23-7-4-8-24(10-9-23)21(27)17-13-22-18-6-5-15(3)12-16(18)20(17)26/h5-6,12-14H,4,7-11H2,1-3H3,(H,22,26). The van der Waals surface area contributed by atoms with Crippen LogP contribution in [0.2, 0.25) is 0 Å². The Morgan fingerprint density at radius 1 is 1.11 bits per heavy atom. The lowest BCUT2D eigenvalue weighted by atomic mass is 10.1. The van der Waals surface area contributed by atoms with Crippen molar-refractivity contribution in [2.75, 3.05) is 26.2 Å². The number of hydrogen-bond acceptors (Lipinski definition) is 3. The number of aryl methyl sites for hydroxylation is 1. The van der Waals surface area contributed by atoms with Gasteiger partial charge in [0, 0.05) is 49.7 Å². The third-order valence-corrected chi connectivity index (χ3v) is 4.99. The number of nitrogens with one attached hydrogen (secondary N) is 1. The fourth-order valence-electron chi connectivity index (χ4n) is 3.51. The number of nitrogens with zero attached hydrogens (tertiary/aromatic N) is 2. The van der Waals surface area contributed by atoms with Crippen LogP contribution in [0.1, 0.15) is 42.6 Å². The summed E-state index contributed by atoms with van der Waals surface area (Å²) in [5, 5.41) is 0.532. The molecule has 144 valence electrons. The van der Waals surface area contributed by atoms with Crippen molar-refractivity contribution in [1.82, 2.24) is 14.8 Å². The van der Waals surface area contributed by atoms with Crippen molar-refractivity contribution >= 4 is 22.7 Å². The van der Waals surface area contributed by atoms with Crippen molar-refractivity contribution < 1.29 is 9.59 Å². The third-order valence-electron chi connectivity index (χ3n) is 4.99. The quantitative estimate of drug-likeness (QED) is 0.904. The molecule has 3 rings (SSSR count). The SMILES string of the molecule is Cc1ccc2[nH]cc(C(=O)N3CCCN(C(=O)CC(C)C)CC3)c(=O)c2c1. The Labute approximate surface area is 159 Å². The molecule has 1 aromatic carbocycles. The molecule has 6 nitrogen and oxygen atoms in total. The average Bonchev–Trinajstić information content (AvgIpc) is 2.88. The molecule has 27 heavy (non-hydrogen) atoms. The van der Waals surface area contributed by atoms with E-state index in [1.807, 2.05) is 37.8 Å². The number of aromatic nitrogens is 1. The summed E-state index contributed by atoms with van der Waals surface area (Å²) in [6, 6.07) is 5.58. The Balaban J connectivity index is 1.78. The van der Waals surface area contributed by atoms with E-state index in [2.05, 4.69) is 4.98 Å². The van der Waals surface area contributed by atoms with Gasteiger partial charge in [-0.15, -0.1) is 0 Å². The van der Waals surface area contributed by atoms with Crippen molar-refractivity contribution in [3.8, 4) is 0 Å². The maximum atomic E-state index is 13.0. The normalized spacial score (nSPS) is 15.3. The van der Waals surface area contributed by atoms with E-state index in [4.69, 9.17) is 0 Å². The Hall–Kier alpha value is -2.63. The van der Waals surface area contributed by atoms with Crippen LogP contribution in [0.4, 0.5) is 0 Å². The number of rotatable bonds is 3. The number of H-pyrrole nitrogens is 1. The number of pyridine rings is 1. The van der Waals surface area contributed by atoms with Gasteiger partial charge in [-0.2, -0.15) is 0 Å². The fraction of sp³-hybridized carbons (Fsp3) is 0.476. The summed E-state index contributed by atoms with van der Waals surface area (Å²) >= 11 is 0. The zero-order valence-corrected chi connectivity index (χ0v) is 16.2. The maximum Gasteiger partial charge on any atom is 0.259 e. The molecular formula is C21H27N3O3. The predicted octanol–water partition coefficient (Wildman–Crippen LogP) is 2.56. The second-order valence-electron chi connectivity index (χ2n) is 7.71. The number of hydrogen-bond donors (Lipinski definition) is 1. The molecule has 2 heterocycles. The van der Waals surface area contributed by atoms with Crippen LogP contribution in [0.15, 0.2) is 29.2 Å². The molecule has 2 aromatic rings. The maximum absolute atomic E-state index is 13.0. The number of carbonyl (C=O) groups is 2. The molecule has 0 saturated carbocycles. The minimum Gasteiger partial charge on any atom is -0.360 e. The predicted molar refractivity (Wildman–Crippen MR) is 106 cm³/mol. The Kier molecular flexibility index (Phi) is 5.63. The highest BCUT2D eigenvalue weighted by molar-refractivity contribution is 5.97. The number of aromatic amines is 1. The Morgan fingerprint density at radius 3 is 2.56 bits per heavy atom. The molecule has 0 aliphatic carbocycles. The van der Waals surface area contributed by atoms with Crippen LogP contribution in [-0.2, 0) is 4.79 Å². The summed E-state index contributed by atoms with van der Waals surface area (Å²) in [6.07, 6.45) is 2.76. The van der Waals surface area contributed by atoms with Gasteiger partial charge >= 0.3 is 0 Å². The minimum absolute atomic E-state index is 0.137. The Bertz CT molecular complexity index is 917. The van der Waals surface area contributed by atoms with E-state index in [0.29, 0.717) is 43.9 Å². The first-order valence-corrected chi connectivity index (χ1v) is 9.56. The van der Waals surface area contributed by atoms with Crippen LogP contribution in [0.3, 0.4) is 0 Å². The third kappa shape index (κ3) is 4.21. The molecule has 1 aliphatic rings. The molecule has 1 aliphatic heterocycles. The van der Waals surface area contributed by atoms with Crippen LogP contribution in [0, 0.1) is 12.8 Å². The van der Waals surface area contributed by atoms with E-state index in [0.717, 1.165) is 17.5 Å². The molecule has 0 bridgehead atoms. The summed E-state index contributed by atoms with van der Waals surface area (Å²) in [4.78, 5) is 44.7. The van der Waals surface area contributed by atoms with Gasteiger partial charge in [0.05, 0.1) is 0 Å². The minimum atomic E-state index is -0.266. The second kappa shape index (κ2) is 7.94. The van der Waals surface area contributed by atoms with Gasteiger partial charge in [0.1, 0.15) is 5.56 Å². The molecule has 2 amide bonds. The first kappa shape index (κ1) is 19.1. The first-order chi connectivity index (χ1) is 12.9. The van der Waals surface area contributed by atoms with Crippen LogP contribution in [-0.4, -0.2) is 52.8 Å². The highest BCUT2D eigenvalue weighted by Crippen LogP contribution is 2.14. The topological polar surface area (TPSA) is 73.5 Å². The Morgan fingerprint density at radius 2 is 1.81 bits per heavy atom. The van der Waals surface area contributed by atoms with Gasteiger partial charge in [-0.05, 0) is 31.4 Å². The summed E-state index contributed by atoms with van der Waals surface area (Å²) in [5.41, 5.74) is 1.62. The smallest absolute Gasteiger partial charge is 0.259 e. The molecule has 0 radical (unpaired) electrons. The average molecular weight is 369 g/mol. The number of fused-ring (bicyclic) bond motifs is 1. The van der Waals surface area contributed by atoms with Gasteiger partial charge in [0.15, 0.2) is 0 Å². The van der Waals surface area contributed by atoms with E-state index in [1.54, 1.807) is 11.0 Å². The van der Waals surface area contributed by atoms with Crippen molar-refractivity contribution in [2.24, 2.45) is 5.92 Å². The van der Waals surface area contributed by atoms with Gasteiger partial charge in [0.25, 0.3) is 5.91 Å². The lowest BCUT2D eigenvalue weighted by Crippen LogP contribution is -2.39. The molecule has 1 saturated heterocycles. The largest absolute Gasteiger partial charge is 0.360 e. The molecule has 0 unspecified atom stereocenters.